The van der Waals surface area contributed by atoms with Crippen molar-refractivity contribution in [1.29, 1.82) is 0 Å². The van der Waals surface area contributed by atoms with Gasteiger partial charge in [-0.1, -0.05) is 23.1 Å². The number of ketones is 1. The summed E-state index contributed by atoms with van der Waals surface area (Å²) < 4.78 is 0.774. The Morgan fingerprint density at radius 3 is 2.72 bits per heavy atom. The van der Waals surface area contributed by atoms with E-state index in [0.717, 1.165) is 28.1 Å². The zero-order valence-corrected chi connectivity index (χ0v) is 15.8. The zero-order valence-electron chi connectivity index (χ0n) is 14.2. The minimum atomic E-state index is 0.0397. The van der Waals surface area contributed by atoms with Gasteiger partial charge in [-0.25, -0.2) is 0 Å². The molecule has 6 nitrogen and oxygen atoms in total. The first-order chi connectivity index (χ1) is 12.0. The highest BCUT2D eigenvalue weighted by atomic mass is 32.2. The second-order valence-corrected chi connectivity index (χ2v) is 8.28. The minimum absolute atomic E-state index is 0.0397. The summed E-state index contributed by atoms with van der Waals surface area (Å²) in [6.07, 6.45) is 1.50. The Bertz CT molecular complexity index is 758. The van der Waals surface area contributed by atoms with Crippen molar-refractivity contribution >= 4 is 45.6 Å². The Morgan fingerprint density at radius 2 is 2.08 bits per heavy atom. The molecule has 1 amide bonds. The number of hydrogen-bond donors (Lipinski definition) is 1. The van der Waals surface area contributed by atoms with Crippen LogP contribution in [0.3, 0.4) is 0 Å². The van der Waals surface area contributed by atoms with Crippen LogP contribution in [-0.2, 0) is 4.79 Å². The minimum Gasteiger partial charge on any atom is -0.358 e. The van der Waals surface area contributed by atoms with Crippen LogP contribution < -0.4 is 10.2 Å². The summed E-state index contributed by atoms with van der Waals surface area (Å²) >= 11 is 2.84. The average molecular weight is 377 g/mol. The molecule has 0 atom stereocenters. The van der Waals surface area contributed by atoms with Crippen molar-refractivity contribution in [1.82, 2.24) is 10.2 Å². The smallest absolute Gasteiger partial charge is 0.227 e. The van der Waals surface area contributed by atoms with Gasteiger partial charge in [-0.2, -0.15) is 0 Å². The quantitative estimate of drug-likeness (QED) is 0.589. The van der Waals surface area contributed by atoms with Gasteiger partial charge in [0.25, 0.3) is 0 Å². The van der Waals surface area contributed by atoms with Gasteiger partial charge in [0.2, 0.25) is 11.0 Å². The number of nitrogens with zero attached hydrogens (tertiary/aromatic N) is 3. The van der Waals surface area contributed by atoms with Crippen molar-refractivity contribution in [3.05, 3.63) is 29.8 Å². The lowest BCUT2D eigenvalue weighted by Crippen LogP contribution is -2.23. The van der Waals surface area contributed by atoms with E-state index in [4.69, 9.17) is 0 Å². The van der Waals surface area contributed by atoms with Crippen molar-refractivity contribution in [2.24, 2.45) is 0 Å². The number of carbonyl (C=O) groups excluding carboxylic acids is 2. The van der Waals surface area contributed by atoms with Crippen molar-refractivity contribution in [2.75, 3.05) is 22.5 Å². The van der Waals surface area contributed by atoms with Crippen LogP contribution in [0.1, 0.15) is 37.0 Å². The average Bonchev–Trinajstić information content (AvgIpc) is 3.21. The summed E-state index contributed by atoms with van der Waals surface area (Å²) in [4.78, 5) is 25.9. The number of nitrogens with one attached hydrogen (secondary N) is 1. The summed E-state index contributed by atoms with van der Waals surface area (Å²) in [5, 5.41) is 12.1. The van der Waals surface area contributed by atoms with Gasteiger partial charge in [0, 0.05) is 30.3 Å². The monoisotopic (exact) mass is 376 g/mol. The fraction of sp³-hybridized carbons (Fsp3) is 0.412. The highest BCUT2D eigenvalue weighted by Gasteiger charge is 2.21. The van der Waals surface area contributed by atoms with E-state index in [1.807, 2.05) is 26.0 Å². The molecule has 132 valence electrons. The van der Waals surface area contributed by atoms with Crippen LogP contribution in [0, 0.1) is 0 Å². The van der Waals surface area contributed by atoms with Gasteiger partial charge in [0.05, 0.1) is 5.75 Å². The van der Waals surface area contributed by atoms with E-state index in [2.05, 4.69) is 15.5 Å². The molecule has 0 radical (unpaired) electrons. The van der Waals surface area contributed by atoms with Crippen LogP contribution in [0.4, 0.5) is 10.8 Å². The third-order valence-corrected chi connectivity index (χ3v) is 5.71. The lowest BCUT2D eigenvalue weighted by Gasteiger charge is -2.15. The van der Waals surface area contributed by atoms with E-state index in [-0.39, 0.29) is 11.7 Å². The molecule has 1 aliphatic rings. The van der Waals surface area contributed by atoms with Crippen LogP contribution in [0.2, 0.25) is 0 Å². The van der Waals surface area contributed by atoms with Crippen LogP contribution in [-0.4, -0.2) is 40.2 Å². The summed E-state index contributed by atoms with van der Waals surface area (Å²) in [6.45, 7) is 4.83. The van der Waals surface area contributed by atoms with E-state index in [1.54, 1.807) is 17.0 Å². The summed E-state index contributed by atoms with van der Waals surface area (Å²) in [7, 11) is 0. The fourth-order valence-electron chi connectivity index (χ4n) is 2.53. The van der Waals surface area contributed by atoms with E-state index in [0.29, 0.717) is 23.8 Å². The van der Waals surface area contributed by atoms with Crippen molar-refractivity contribution in [2.45, 2.75) is 37.1 Å². The molecule has 1 aliphatic heterocycles. The molecule has 25 heavy (non-hydrogen) atoms. The normalized spacial score (nSPS) is 14.4. The van der Waals surface area contributed by atoms with E-state index in [1.165, 1.54) is 23.1 Å². The Labute approximate surface area is 155 Å². The summed E-state index contributed by atoms with van der Waals surface area (Å²) in [6, 6.07) is 7.56. The Kier molecular flexibility index (Phi) is 5.70. The molecular formula is C17H20N4O2S2. The molecule has 0 spiro atoms. The molecule has 1 aromatic carbocycles. The maximum atomic E-state index is 12.3. The van der Waals surface area contributed by atoms with Crippen molar-refractivity contribution in [3.8, 4) is 0 Å². The van der Waals surface area contributed by atoms with E-state index in [9.17, 15) is 9.59 Å². The molecule has 3 rings (SSSR count). The molecular weight excluding hydrogens is 356 g/mol. The number of anilines is 2. The predicted octanol–water partition coefficient (Wildman–Crippen LogP) is 3.46. The second kappa shape index (κ2) is 7.97. The van der Waals surface area contributed by atoms with Gasteiger partial charge in [0.15, 0.2) is 10.1 Å². The van der Waals surface area contributed by atoms with Crippen LogP contribution in [0.15, 0.2) is 28.6 Å². The zero-order chi connectivity index (χ0) is 17.8. The summed E-state index contributed by atoms with van der Waals surface area (Å²) in [5.74, 6) is 0.507. The summed E-state index contributed by atoms with van der Waals surface area (Å²) in [5.41, 5.74) is 1.51. The topological polar surface area (TPSA) is 75.2 Å². The number of amides is 1. The van der Waals surface area contributed by atoms with Gasteiger partial charge in [-0.3, -0.25) is 9.59 Å². The molecule has 1 aromatic heterocycles. The number of rotatable bonds is 7. The molecule has 8 heteroatoms. The van der Waals surface area contributed by atoms with Crippen LogP contribution >= 0.6 is 23.1 Å². The van der Waals surface area contributed by atoms with Crippen LogP contribution in [0.5, 0.6) is 0 Å². The predicted molar refractivity (Wildman–Crippen MR) is 102 cm³/mol. The highest BCUT2D eigenvalue weighted by molar-refractivity contribution is 8.01. The third kappa shape index (κ3) is 4.58. The molecule has 1 fully saturated rings. The molecule has 1 N–H and O–H groups in total. The van der Waals surface area contributed by atoms with Gasteiger partial charge < -0.3 is 10.2 Å². The number of Topliss-reactive ketones (excluding diaryl/α,β-unsaturated/α-hetero) is 1. The van der Waals surface area contributed by atoms with Gasteiger partial charge >= 0.3 is 0 Å². The maximum absolute atomic E-state index is 12.3. The van der Waals surface area contributed by atoms with Gasteiger partial charge in [-0.05, 0) is 44.5 Å². The lowest BCUT2D eigenvalue weighted by molar-refractivity contribution is -0.117. The number of benzene rings is 1. The number of carbonyl (C=O) groups is 2. The highest BCUT2D eigenvalue weighted by Crippen LogP contribution is 2.27. The Morgan fingerprint density at radius 1 is 1.32 bits per heavy atom. The lowest BCUT2D eigenvalue weighted by atomic mass is 10.1. The van der Waals surface area contributed by atoms with Crippen LogP contribution in [0.25, 0.3) is 0 Å². The second-order valence-electron chi connectivity index (χ2n) is 6.08. The van der Waals surface area contributed by atoms with Gasteiger partial charge in [0.1, 0.15) is 0 Å². The SMILES string of the molecule is CC(C)Nc1nnc(SCC(=O)c2ccc(N3CCCC3=O)cc2)s1. The van der Waals surface area contributed by atoms with Gasteiger partial charge in [-0.15, -0.1) is 10.2 Å². The van der Waals surface area contributed by atoms with E-state index >= 15 is 0 Å². The Hall–Kier alpha value is -1.93. The van der Waals surface area contributed by atoms with Crippen molar-refractivity contribution in [3.63, 3.8) is 0 Å². The number of aromatic nitrogens is 2. The first kappa shape index (κ1) is 17.9. The molecule has 2 heterocycles. The molecule has 0 unspecified atom stereocenters. The molecule has 0 saturated carbocycles. The van der Waals surface area contributed by atoms with E-state index < -0.39 is 0 Å². The first-order valence-electron chi connectivity index (χ1n) is 8.19. The number of hydrogen-bond acceptors (Lipinski definition) is 7. The molecule has 0 aliphatic carbocycles. The standard InChI is InChI=1S/C17H20N4O2S2/c1-11(2)18-16-19-20-17(25-16)24-10-14(22)12-5-7-13(8-6-12)21-9-3-4-15(21)23/h5-8,11H,3-4,9-10H2,1-2H3,(H,18,19). The Balaban J connectivity index is 1.56. The fourth-order valence-corrected chi connectivity index (χ4v) is 4.32. The number of thioether (sulfide) groups is 1. The molecule has 2 aromatic rings. The first-order valence-corrected chi connectivity index (χ1v) is 9.99. The molecule has 0 bridgehead atoms. The molecule has 1 saturated heterocycles. The maximum Gasteiger partial charge on any atom is 0.227 e. The van der Waals surface area contributed by atoms with Crippen molar-refractivity contribution < 1.29 is 9.59 Å². The largest absolute Gasteiger partial charge is 0.358 e. The third-order valence-electron chi connectivity index (χ3n) is 3.72.